The summed E-state index contributed by atoms with van der Waals surface area (Å²) in [6, 6.07) is 5.80. The third-order valence-corrected chi connectivity index (χ3v) is 4.68. The minimum Gasteiger partial charge on any atom is -0.489 e. The fraction of sp³-hybridized carbons (Fsp3) is 0.533. The molecule has 19 heavy (non-hydrogen) atoms. The molecule has 1 saturated carbocycles. The standard InChI is InChI=1S/C15H20BrNOS/c1-2-10-4-3-5-12(8-10)18-14-7-6-11(15(17)19)9-13(14)16/h6-7,9-10,12H,2-5,8H2,1H3,(H2,17,19). The molecular weight excluding hydrogens is 322 g/mol. The van der Waals surface area contributed by atoms with Crippen molar-refractivity contribution < 1.29 is 4.74 Å². The average Bonchev–Trinajstić information content (AvgIpc) is 2.41. The summed E-state index contributed by atoms with van der Waals surface area (Å²) in [4.78, 5) is 0.413. The Bertz CT molecular complexity index is 463. The highest BCUT2D eigenvalue weighted by Gasteiger charge is 2.22. The lowest BCUT2D eigenvalue weighted by molar-refractivity contribution is 0.121. The van der Waals surface area contributed by atoms with E-state index in [1.54, 1.807) is 0 Å². The van der Waals surface area contributed by atoms with Gasteiger partial charge in [-0.2, -0.15) is 0 Å². The van der Waals surface area contributed by atoms with Crippen LogP contribution in [0.25, 0.3) is 0 Å². The smallest absolute Gasteiger partial charge is 0.133 e. The van der Waals surface area contributed by atoms with Gasteiger partial charge in [-0.15, -0.1) is 0 Å². The van der Waals surface area contributed by atoms with Gasteiger partial charge < -0.3 is 10.5 Å². The van der Waals surface area contributed by atoms with Gasteiger partial charge in [0.2, 0.25) is 0 Å². The molecule has 2 atom stereocenters. The molecule has 2 nitrogen and oxygen atoms in total. The van der Waals surface area contributed by atoms with Gasteiger partial charge in [-0.3, -0.25) is 0 Å². The number of thiocarbonyl (C=S) groups is 1. The Morgan fingerprint density at radius 3 is 2.89 bits per heavy atom. The number of hydrogen-bond acceptors (Lipinski definition) is 2. The molecular formula is C15H20BrNOS. The highest BCUT2D eigenvalue weighted by atomic mass is 79.9. The Kier molecular flexibility index (Phi) is 5.22. The third-order valence-electron chi connectivity index (χ3n) is 3.82. The van der Waals surface area contributed by atoms with E-state index in [9.17, 15) is 0 Å². The average molecular weight is 342 g/mol. The maximum absolute atomic E-state index is 6.12. The largest absolute Gasteiger partial charge is 0.489 e. The predicted molar refractivity (Wildman–Crippen MR) is 86.7 cm³/mol. The molecule has 1 fully saturated rings. The number of halogens is 1. The molecule has 2 N–H and O–H groups in total. The summed E-state index contributed by atoms with van der Waals surface area (Å²) in [7, 11) is 0. The monoisotopic (exact) mass is 341 g/mol. The van der Waals surface area contributed by atoms with Gasteiger partial charge in [0, 0.05) is 5.56 Å². The normalized spacial score (nSPS) is 23.1. The predicted octanol–water partition coefficient (Wildman–Crippen LogP) is 4.43. The molecule has 0 radical (unpaired) electrons. The summed E-state index contributed by atoms with van der Waals surface area (Å²) in [5.41, 5.74) is 6.49. The zero-order chi connectivity index (χ0) is 13.8. The molecule has 1 aromatic rings. The maximum atomic E-state index is 6.12. The first kappa shape index (κ1) is 14.8. The van der Waals surface area contributed by atoms with E-state index >= 15 is 0 Å². The Balaban J connectivity index is 2.04. The summed E-state index contributed by atoms with van der Waals surface area (Å²) in [5.74, 6) is 1.70. The van der Waals surface area contributed by atoms with E-state index in [0.29, 0.717) is 11.1 Å². The number of rotatable bonds is 4. The Morgan fingerprint density at radius 2 is 2.26 bits per heavy atom. The van der Waals surface area contributed by atoms with Crippen LogP contribution in [-0.4, -0.2) is 11.1 Å². The fourth-order valence-electron chi connectivity index (χ4n) is 2.65. The van der Waals surface area contributed by atoms with E-state index in [1.165, 1.54) is 25.7 Å². The molecule has 0 aliphatic heterocycles. The van der Waals surface area contributed by atoms with Crippen molar-refractivity contribution in [3.05, 3.63) is 28.2 Å². The second kappa shape index (κ2) is 6.71. The highest BCUT2D eigenvalue weighted by molar-refractivity contribution is 9.10. The van der Waals surface area contributed by atoms with Crippen molar-refractivity contribution in [2.75, 3.05) is 0 Å². The van der Waals surface area contributed by atoms with Crippen LogP contribution in [0.3, 0.4) is 0 Å². The van der Waals surface area contributed by atoms with E-state index in [4.69, 9.17) is 22.7 Å². The molecule has 0 heterocycles. The van der Waals surface area contributed by atoms with Gasteiger partial charge in [0.1, 0.15) is 10.7 Å². The Morgan fingerprint density at radius 1 is 1.47 bits per heavy atom. The summed E-state index contributed by atoms with van der Waals surface area (Å²) in [6.45, 7) is 2.26. The van der Waals surface area contributed by atoms with Crippen molar-refractivity contribution in [3.63, 3.8) is 0 Å². The second-order valence-electron chi connectivity index (χ2n) is 5.19. The van der Waals surface area contributed by atoms with E-state index < -0.39 is 0 Å². The molecule has 1 aliphatic carbocycles. The molecule has 104 valence electrons. The molecule has 1 aromatic carbocycles. The molecule has 0 aromatic heterocycles. The van der Waals surface area contributed by atoms with Crippen LogP contribution in [0.5, 0.6) is 5.75 Å². The third kappa shape index (κ3) is 3.93. The van der Waals surface area contributed by atoms with Crippen molar-refractivity contribution >= 4 is 33.1 Å². The van der Waals surface area contributed by atoms with Crippen molar-refractivity contribution in [1.82, 2.24) is 0 Å². The lowest BCUT2D eigenvalue weighted by Gasteiger charge is -2.29. The van der Waals surface area contributed by atoms with Gasteiger partial charge in [-0.05, 0) is 59.3 Å². The number of benzene rings is 1. The molecule has 0 bridgehead atoms. The Hall–Kier alpha value is -0.610. The SMILES string of the molecule is CCC1CCCC(Oc2ccc(C(N)=S)cc2Br)C1. The van der Waals surface area contributed by atoms with Gasteiger partial charge in [0.25, 0.3) is 0 Å². The quantitative estimate of drug-likeness (QED) is 0.822. The van der Waals surface area contributed by atoms with Crippen LogP contribution < -0.4 is 10.5 Å². The first-order chi connectivity index (χ1) is 9.10. The van der Waals surface area contributed by atoms with Crippen LogP contribution in [-0.2, 0) is 0 Å². The molecule has 2 rings (SSSR count). The van der Waals surface area contributed by atoms with Crippen molar-refractivity contribution in [2.24, 2.45) is 11.7 Å². The van der Waals surface area contributed by atoms with Crippen molar-refractivity contribution in [2.45, 2.75) is 45.1 Å². The topological polar surface area (TPSA) is 35.2 Å². The number of ether oxygens (including phenoxy) is 1. The van der Waals surface area contributed by atoms with Crippen LogP contribution in [0.2, 0.25) is 0 Å². The summed E-state index contributed by atoms with van der Waals surface area (Å²) in [6.07, 6.45) is 6.52. The maximum Gasteiger partial charge on any atom is 0.133 e. The molecule has 0 spiro atoms. The minimum absolute atomic E-state index is 0.339. The van der Waals surface area contributed by atoms with Crippen LogP contribution in [0.4, 0.5) is 0 Å². The van der Waals surface area contributed by atoms with E-state index in [1.807, 2.05) is 18.2 Å². The van der Waals surface area contributed by atoms with Gasteiger partial charge in [-0.1, -0.05) is 32.0 Å². The summed E-state index contributed by atoms with van der Waals surface area (Å²) >= 11 is 8.51. The molecule has 4 heteroatoms. The van der Waals surface area contributed by atoms with Gasteiger partial charge in [0.15, 0.2) is 0 Å². The fourth-order valence-corrected chi connectivity index (χ4v) is 3.25. The van der Waals surface area contributed by atoms with Crippen LogP contribution in [0, 0.1) is 5.92 Å². The van der Waals surface area contributed by atoms with E-state index in [0.717, 1.165) is 28.1 Å². The molecule has 2 unspecified atom stereocenters. The van der Waals surface area contributed by atoms with Crippen LogP contribution in [0.1, 0.15) is 44.6 Å². The Labute approximate surface area is 128 Å². The summed E-state index contributed by atoms with van der Waals surface area (Å²) in [5, 5.41) is 0. The van der Waals surface area contributed by atoms with E-state index in [-0.39, 0.29) is 0 Å². The lowest BCUT2D eigenvalue weighted by Crippen LogP contribution is -2.25. The van der Waals surface area contributed by atoms with Gasteiger partial charge in [-0.25, -0.2) is 0 Å². The summed E-state index contributed by atoms with van der Waals surface area (Å²) < 4.78 is 7.05. The number of hydrogen-bond donors (Lipinski definition) is 1. The van der Waals surface area contributed by atoms with Crippen molar-refractivity contribution in [1.29, 1.82) is 0 Å². The minimum atomic E-state index is 0.339. The number of nitrogens with two attached hydrogens (primary N) is 1. The zero-order valence-electron chi connectivity index (χ0n) is 11.2. The van der Waals surface area contributed by atoms with Gasteiger partial charge in [0.05, 0.1) is 10.6 Å². The second-order valence-corrected chi connectivity index (χ2v) is 6.48. The van der Waals surface area contributed by atoms with Crippen LogP contribution >= 0.6 is 28.1 Å². The van der Waals surface area contributed by atoms with E-state index in [2.05, 4.69) is 22.9 Å². The molecule has 0 saturated heterocycles. The van der Waals surface area contributed by atoms with Crippen LogP contribution in [0.15, 0.2) is 22.7 Å². The lowest BCUT2D eigenvalue weighted by atomic mass is 9.85. The molecule has 1 aliphatic rings. The highest BCUT2D eigenvalue weighted by Crippen LogP contribution is 2.33. The first-order valence-electron chi connectivity index (χ1n) is 6.86. The van der Waals surface area contributed by atoms with Gasteiger partial charge >= 0.3 is 0 Å². The first-order valence-corrected chi connectivity index (χ1v) is 8.06. The zero-order valence-corrected chi connectivity index (χ0v) is 13.6. The molecule has 0 amide bonds. The van der Waals surface area contributed by atoms with Crippen molar-refractivity contribution in [3.8, 4) is 5.75 Å².